The first-order chi connectivity index (χ1) is 12.4. The molecule has 2 aliphatic rings. The number of nitrogens with two attached hydrogens (primary N) is 1. The van der Waals surface area contributed by atoms with Crippen molar-refractivity contribution in [1.82, 2.24) is 4.90 Å². The van der Waals surface area contributed by atoms with Crippen molar-refractivity contribution >= 4 is 17.5 Å². The van der Waals surface area contributed by atoms with Crippen molar-refractivity contribution in [1.29, 1.82) is 0 Å². The number of nitrogens with one attached hydrogen (secondary N) is 1. The number of amides is 2. The van der Waals surface area contributed by atoms with E-state index < -0.39 is 0 Å². The molecule has 2 unspecified atom stereocenters. The van der Waals surface area contributed by atoms with E-state index in [1.807, 2.05) is 32.0 Å². The molecular weight excluding hydrogens is 326 g/mol. The number of carbonyl (C=O) groups is 2. The van der Waals surface area contributed by atoms with E-state index in [9.17, 15) is 9.59 Å². The van der Waals surface area contributed by atoms with Crippen molar-refractivity contribution in [3.63, 3.8) is 0 Å². The van der Waals surface area contributed by atoms with Gasteiger partial charge in [-0.25, -0.2) is 0 Å². The average Bonchev–Trinajstić information content (AvgIpc) is 2.58. The Balaban J connectivity index is 1.57. The fraction of sp³-hybridized carbons (Fsp3) is 0.619. The lowest BCUT2D eigenvalue weighted by molar-refractivity contribution is -0.139. The third kappa shape index (κ3) is 3.93. The molecule has 0 aromatic heterocycles. The molecule has 2 amide bonds. The first kappa shape index (κ1) is 18.9. The van der Waals surface area contributed by atoms with E-state index in [0.717, 1.165) is 42.5 Å². The van der Waals surface area contributed by atoms with E-state index in [0.29, 0.717) is 11.8 Å². The number of benzene rings is 1. The Labute approximate surface area is 156 Å². The molecule has 2 aliphatic carbocycles. The molecule has 0 heterocycles. The van der Waals surface area contributed by atoms with E-state index in [1.165, 1.54) is 6.42 Å². The van der Waals surface area contributed by atoms with Crippen LogP contribution in [0.15, 0.2) is 18.2 Å². The minimum atomic E-state index is -0.151. The number of nitrogens with zero attached hydrogens (tertiary/aromatic N) is 1. The Hall–Kier alpha value is -1.88. The van der Waals surface area contributed by atoms with Crippen LogP contribution in [0.2, 0.25) is 0 Å². The van der Waals surface area contributed by atoms with Crippen LogP contribution in [0.4, 0.5) is 5.69 Å². The van der Waals surface area contributed by atoms with Crippen molar-refractivity contribution < 1.29 is 9.59 Å². The summed E-state index contributed by atoms with van der Waals surface area (Å²) in [5, 5.41) is 2.93. The number of anilines is 1. The topological polar surface area (TPSA) is 75.4 Å². The van der Waals surface area contributed by atoms with Crippen LogP contribution >= 0.6 is 0 Å². The van der Waals surface area contributed by atoms with Gasteiger partial charge >= 0.3 is 0 Å². The Bertz CT molecular complexity index is 674. The molecule has 5 heteroatoms. The maximum Gasteiger partial charge on any atom is 0.243 e. The molecule has 142 valence electrons. The van der Waals surface area contributed by atoms with Gasteiger partial charge in [-0.15, -0.1) is 0 Å². The molecule has 3 N–H and O–H groups in total. The zero-order valence-corrected chi connectivity index (χ0v) is 16.1. The predicted molar refractivity (Wildman–Crippen MR) is 104 cm³/mol. The molecule has 0 radical (unpaired) electrons. The molecule has 3 rings (SSSR count). The van der Waals surface area contributed by atoms with Crippen LogP contribution in [0.25, 0.3) is 0 Å². The van der Waals surface area contributed by atoms with Crippen LogP contribution in [-0.2, 0) is 9.59 Å². The highest BCUT2D eigenvalue weighted by Crippen LogP contribution is 2.42. The van der Waals surface area contributed by atoms with Crippen molar-refractivity contribution in [3.05, 3.63) is 29.3 Å². The highest BCUT2D eigenvalue weighted by molar-refractivity contribution is 5.95. The maximum atomic E-state index is 12.8. The minimum Gasteiger partial charge on any atom is -0.336 e. The number of carbonyl (C=O) groups excluding carboxylic acids is 2. The van der Waals surface area contributed by atoms with Gasteiger partial charge in [-0.2, -0.15) is 0 Å². The summed E-state index contributed by atoms with van der Waals surface area (Å²) in [5.41, 5.74) is 9.34. The number of fused-ring (bicyclic) bond motifs is 2. The van der Waals surface area contributed by atoms with Gasteiger partial charge < -0.3 is 16.0 Å². The smallest absolute Gasteiger partial charge is 0.243 e. The number of hydrogen-bond acceptors (Lipinski definition) is 3. The molecule has 0 spiro atoms. The predicted octanol–water partition coefficient (Wildman–Crippen LogP) is 2.85. The minimum absolute atomic E-state index is 0.0172. The molecule has 1 aromatic rings. The Morgan fingerprint density at radius 3 is 2.50 bits per heavy atom. The van der Waals surface area contributed by atoms with Crippen LogP contribution < -0.4 is 11.1 Å². The highest BCUT2D eigenvalue weighted by Gasteiger charge is 2.41. The molecule has 5 nitrogen and oxygen atoms in total. The van der Waals surface area contributed by atoms with E-state index in [4.69, 9.17) is 5.73 Å². The number of rotatable bonds is 4. The summed E-state index contributed by atoms with van der Waals surface area (Å²) < 4.78 is 0. The van der Waals surface area contributed by atoms with E-state index in [2.05, 4.69) is 5.32 Å². The van der Waals surface area contributed by atoms with Gasteiger partial charge in [0.1, 0.15) is 0 Å². The third-order valence-corrected chi connectivity index (χ3v) is 6.40. The zero-order valence-electron chi connectivity index (χ0n) is 16.1. The summed E-state index contributed by atoms with van der Waals surface area (Å²) in [7, 11) is 1.73. The lowest BCUT2D eigenvalue weighted by atomic mass is 9.65. The molecule has 2 bridgehead atoms. The second-order valence-corrected chi connectivity index (χ2v) is 8.19. The van der Waals surface area contributed by atoms with Gasteiger partial charge in [0.05, 0.1) is 6.54 Å². The normalized spacial score (nSPS) is 27.7. The molecule has 2 saturated carbocycles. The van der Waals surface area contributed by atoms with Gasteiger partial charge in [0.25, 0.3) is 0 Å². The van der Waals surface area contributed by atoms with Gasteiger partial charge in [-0.05, 0) is 68.6 Å². The van der Waals surface area contributed by atoms with Crippen molar-refractivity contribution in [2.24, 2.45) is 23.5 Å². The van der Waals surface area contributed by atoms with Crippen molar-refractivity contribution in [3.8, 4) is 0 Å². The lowest BCUT2D eigenvalue weighted by Crippen LogP contribution is -2.49. The van der Waals surface area contributed by atoms with Gasteiger partial charge in [-0.1, -0.05) is 18.6 Å². The van der Waals surface area contributed by atoms with Gasteiger partial charge in [-0.3, -0.25) is 9.59 Å². The van der Waals surface area contributed by atoms with Crippen LogP contribution in [0.1, 0.15) is 43.2 Å². The molecule has 1 aromatic carbocycles. The standard InChI is InChI=1S/C21H31N3O2/c1-13-6-4-9-18(14(13)2)23-19(25)12-24(3)21(26)17-10-15-7-5-8-16(11-17)20(15)22/h4,6,9,15-17,20H,5,7-8,10-12,22H2,1-3H3,(H,23,25). The van der Waals surface area contributed by atoms with E-state index in [1.54, 1.807) is 11.9 Å². The second-order valence-electron chi connectivity index (χ2n) is 8.19. The van der Waals surface area contributed by atoms with Gasteiger partial charge in [0.15, 0.2) is 0 Å². The Morgan fingerprint density at radius 1 is 1.19 bits per heavy atom. The molecule has 0 saturated heterocycles. The molecule has 2 atom stereocenters. The number of hydrogen-bond donors (Lipinski definition) is 2. The SMILES string of the molecule is Cc1cccc(NC(=O)CN(C)C(=O)C2CC3CCCC(C2)C3N)c1C. The summed E-state index contributed by atoms with van der Waals surface area (Å²) in [6, 6.07) is 6.10. The van der Waals surface area contributed by atoms with Crippen LogP contribution in [0.5, 0.6) is 0 Å². The fourth-order valence-corrected chi connectivity index (χ4v) is 4.67. The molecule has 26 heavy (non-hydrogen) atoms. The summed E-state index contributed by atoms with van der Waals surface area (Å²) in [5.74, 6) is 0.887. The average molecular weight is 357 g/mol. The lowest BCUT2D eigenvalue weighted by Gasteiger charge is -2.44. The summed E-state index contributed by atoms with van der Waals surface area (Å²) in [4.78, 5) is 26.8. The van der Waals surface area contributed by atoms with Crippen LogP contribution in [-0.4, -0.2) is 36.3 Å². The van der Waals surface area contributed by atoms with Crippen molar-refractivity contribution in [2.75, 3.05) is 18.9 Å². The first-order valence-corrected chi connectivity index (χ1v) is 9.73. The van der Waals surface area contributed by atoms with E-state index in [-0.39, 0.29) is 30.3 Å². The van der Waals surface area contributed by atoms with Gasteiger partial charge in [0.2, 0.25) is 11.8 Å². The fourth-order valence-electron chi connectivity index (χ4n) is 4.67. The second kappa shape index (κ2) is 7.78. The van der Waals surface area contributed by atoms with E-state index >= 15 is 0 Å². The maximum absolute atomic E-state index is 12.8. The zero-order chi connectivity index (χ0) is 18.8. The number of aryl methyl sites for hydroxylation is 1. The summed E-state index contributed by atoms with van der Waals surface area (Å²) in [6.45, 7) is 4.10. The third-order valence-electron chi connectivity index (χ3n) is 6.40. The van der Waals surface area contributed by atoms with Crippen LogP contribution in [0.3, 0.4) is 0 Å². The van der Waals surface area contributed by atoms with Crippen molar-refractivity contribution in [2.45, 2.75) is 52.0 Å². The largest absolute Gasteiger partial charge is 0.336 e. The summed E-state index contributed by atoms with van der Waals surface area (Å²) >= 11 is 0. The Morgan fingerprint density at radius 2 is 1.85 bits per heavy atom. The summed E-state index contributed by atoms with van der Waals surface area (Å²) in [6.07, 6.45) is 5.26. The number of likely N-dealkylation sites (N-methyl/N-ethyl adjacent to an activating group) is 1. The molecule has 2 fully saturated rings. The first-order valence-electron chi connectivity index (χ1n) is 9.73. The highest BCUT2D eigenvalue weighted by atomic mass is 16.2. The molecule has 0 aliphatic heterocycles. The molecular formula is C21H31N3O2. The van der Waals surface area contributed by atoms with Gasteiger partial charge in [0, 0.05) is 24.7 Å². The van der Waals surface area contributed by atoms with Crippen LogP contribution in [0, 0.1) is 31.6 Å². The monoisotopic (exact) mass is 357 g/mol. The Kier molecular flexibility index (Phi) is 5.66. The quantitative estimate of drug-likeness (QED) is 0.870.